The number of nitrogens with zero attached hydrogens (tertiary/aromatic N) is 2. The van der Waals surface area contributed by atoms with Gasteiger partial charge in [0.15, 0.2) is 0 Å². The second-order valence-corrected chi connectivity index (χ2v) is 5.54. The number of anilines is 2. The Bertz CT molecular complexity index is 805. The second-order valence-electron chi connectivity index (χ2n) is 5.10. The van der Waals surface area contributed by atoms with Crippen LogP contribution in [0.5, 0.6) is 0 Å². The summed E-state index contributed by atoms with van der Waals surface area (Å²) in [5, 5.41) is 6.70. The lowest BCUT2D eigenvalue weighted by atomic mass is 10.2. The van der Waals surface area contributed by atoms with Crippen LogP contribution >= 0.6 is 11.6 Å². The Hall–Kier alpha value is -2.92. The highest BCUT2D eigenvalue weighted by atomic mass is 35.5. The molecule has 0 aliphatic carbocycles. The second kappa shape index (κ2) is 7.57. The van der Waals surface area contributed by atoms with E-state index in [4.69, 9.17) is 11.6 Å². The molecular formula is C18H15ClN4O. The van der Waals surface area contributed by atoms with E-state index in [9.17, 15) is 4.79 Å². The van der Waals surface area contributed by atoms with Gasteiger partial charge in [0.2, 0.25) is 0 Å². The third-order valence-corrected chi connectivity index (χ3v) is 3.58. The smallest absolute Gasteiger partial charge is 0.270 e. The standard InChI is InChI=1S/C18H15ClN4O/c19-14-1-3-15(4-2-14)23-16-5-6-17(21-12-16)18(24)22-11-13-7-9-20-10-8-13/h1-10,12,23H,11H2,(H,22,24). The quantitative estimate of drug-likeness (QED) is 0.742. The van der Waals surface area contributed by atoms with Crippen LogP contribution < -0.4 is 10.6 Å². The molecule has 1 amide bonds. The van der Waals surface area contributed by atoms with Gasteiger partial charge in [-0.1, -0.05) is 11.6 Å². The van der Waals surface area contributed by atoms with Gasteiger partial charge in [-0.15, -0.1) is 0 Å². The molecule has 2 N–H and O–H groups in total. The Morgan fingerprint density at radius 1 is 0.958 bits per heavy atom. The summed E-state index contributed by atoms with van der Waals surface area (Å²) in [6.45, 7) is 0.438. The van der Waals surface area contributed by atoms with Gasteiger partial charge in [-0.3, -0.25) is 9.78 Å². The van der Waals surface area contributed by atoms with Gasteiger partial charge in [0.1, 0.15) is 5.69 Å². The van der Waals surface area contributed by atoms with E-state index in [0.717, 1.165) is 16.9 Å². The van der Waals surface area contributed by atoms with Crippen LogP contribution in [0.15, 0.2) is 67.1 Å². The van der Waals surface area contributed by atoms with Gasteiger partial charge in [-0.2, -0.15) is 0 Å². The van der Waals surface area contributed by atoms with Crippen LogP contribution in [0, 0.1) is 0 Å². The number of hydrogen-bond donors (Lipinski definition) is 2. The number of rotatable bonds is 5. The Labute approximate surface area is 144 Å². The average molecular weight is 339 g/mol. The fourth-order valence-corrected chi connectivity index (χ4v) is 2.20. The number of aromatic nitrogens is 2. The maximum absolute atomic E-state index is 12.1. The molecule has 3 aromatic rings. The number of halogens is 1. The maximum atomic E-state index is 12.1. The molecule has 0 spiro atoms. The molecule has 0 atom stereocenters. The molecule has 0 unspecified atom stereocenters. The highest BCUT2D eigenvalue weighted by Gasteiger charge is 2.07. The molecule has 5 nitrogen and oxygen atoms in total. The molecule has 0 aliphatic heterocycles. The van der Waals surface area contributed by atoms with E-state index in [1.54, 1.807) is 36.8 Å². The minimum Gasteiger partial charge on any atom is -0.354 e. The predicted octanol–water partition coefficient (Wildman–Crippen LogP) is 3.80. The lowest BCUT2D eigenvalue weighted by Crippen LogP contribution is -2.23. The molecule has 0 saturated carbocycles. The lowest BCUT2D eigenvalue weighted by Gasteiger charge is -2.08. The first-order chi connectivity index (χ1) is 11.7. The zero-order valence-corrected chi connectivity index (χ0v) is 13.5. The number of carbonyl (C=O) groups is 1. The number of pyridine rings is 2. The van der Waals surface area contributed by atoms with E-state index < -0.39 is 0 Å². The SMILES string of the molecule is O=C(NCc1ccncc1)c1ccc(Nc2ccc(Cl)cc2)cn1. The van der Waals surface area contributed by atoms with Gasteiger partial charge in [0, 0.05) is 29.6 Å². The predicted molar refractivity (Wildman–Crippen MR) is 94.4 cm³/mol. The van der Waals surface area contributed by atoms with Gasteiger partial charge in [-0.25, -0.2) is 4.98 Å². The number of nitrogens with one attached hydrogen (secondary N) is 2. The number of carbonyl (C=O) groups excluding carboxylic acids is 1. The van der Waals surface area contributed by atoms with Crippen LogP contribution in [0.25, 0.3) is 0 Å². The summed E-state index contributed by atoms with van der Waals surface area (Å²) in [5.41, 5.74) is 3.05. The van der Waals surface area contributed by atoms with E-state index >= 15 is 0 Å². The zero-order valence-electron chi connectivity index (χ0n) is 12.7. The van der Waals surface area contributed by atoms with Gasteiger partial charge < -0.3 is 10.6 Å². The topological polar surface area (TPSA) is 66.9 Å². The molecule has 120 valence electrons. The van der Waals surface area contributed by atoms with Gasteiger partial charge in [-0.05, 0) is 54.1 Å². The molecule has 0 fully saturated rings. The molecule has 6 heteroatoms. The van der Waals surface area contributed by atoms with Crippen molar-refractivity contribution >= 4 is 28.9 Å². The molecule has 0 bridgehead atoms. The van der Waals surface area contributed by atoms with Crippen molar-refractivity contribution in [2.45, 2.75) is 6.54 Å². The molecule has 0 aliphatic rings. The van der Waals surface area contributed by atoms with Crippen molar-refractivity contribution in [1.82, 2.24) is 15.3 Å². The van der Waals surface area contributed by atoms with Gasteiger partial charge in [0.05, 0.1) is 11.9 Å². The molecular weight excluding hydrogens is 324 g/mol. The minimum atomic E-state index is -0.218. The fraction of sp³-hybridized carbons (Fsp3) is 0.0556. The molecule has 1 aromatic carbocycles. The van der Waals surface area contributed by atoms with Crippen LogP contribution in [-0.2, 0) is 6.54 Å². The van der Waals surface area contributed by atoms with Crippen molar-refractivity contribution in [1.29, 1.82) is 0 Å². The molecule has 2 aromatic heterocycles. The Morgan fingerprint density at radius 3 is 2.33 bits per heavy atom. The summed E-state index contributed by atoms with van der Waals surface area (Å²) in [4.78, 5) is 20.2. The number of amides is 1. The van der Waals surface area contributed by atoms with Crippen molar-refractivity contribution in [3.63, 3.8) is 0 Å². The van der Waals surface area contributed by atoms with Crippen LogP contribution in [-0.4, -0.2) is 15.9 Å². The summed E-state index contributed by atoms with van der Waals surface area (Å²) in [6.07, 6.45) is 5.00. The van der Waals surface area contributed by atoms with Crippen LogP contribution in [0.1, 0.15) is 16.1 Å². The van der Waals surface area contributed by atoms with E-state index in [1.165, 1.54) is 0 Å². The Morgan fingerprint density at radius 2 is 1.67 bits per heavy atom. The van der Waals surface area contributed by atoms with Gasteiger partial charge >= 0.3 is 0 Å². The normalized spacial score (nSPS) is 10.2. The molecule has 0 saturated heterocycles. The zero-order chi connectivity index (χ0) is 16.8. The van der Waals surface area contributed by atoms with Crippen molar-refractivity contribution in [2.75, 3.05) is 5.32 Å². The Balaban J connectivity index is 1.59. The van der Waals surface area contributed by atoms with Crippen molar-refractivity contribution in [3.8, 4) is 0 Å². The molecule has 24 heavy (non-hydrogen) atoms. The average Bonchev–Trinajstić information content (AvgIpc) is 2.63. The first kappa shape index (κ1) is 16.0. The monoisotopic (exact) mass is 338 g/mol. The van der Waals surface area contributed by atoms with Crippen molar-refractivity contribution in [3.05, 3.63) is 83.4 Å². The summed E-state index contributed by atoms with van der Waals surface area (Å²) in [6, 6.07) is 14.6. The highest BCUT2D eigenvalue weighted by molar-refractivity contribution is 6.30. The van der Waals surface area contributed by atoms with Crippen LogP contribution in [0.2, 0.25) is 5.02 Å². The van der Waals surface area contributed by atoms with Crippen molar-refractivity contribution in [2.24, 2.45) is 0 Å². The molecule has 2 heterocycles. The van der Waals surface area contributed by atoms with E-state index in [2.05, 4.69) is 20.6 Å². The van der Waals surface area contributed by atoms with Crippen LogP contribution in [0.4, 0.5) is 11.4 Å². The van der Waals surface area contributed by atoms with E-state index in [0.29, 0.717) is 17.3 Å². The lowest BCUT2D eigenvalue weighted by molar-refractivity contribution is 0.0946. The third kappa shape index (κ3) is 4.30. The van der Waals surface area contributed by atoms with Crippen LogP contribution in [0.3, 0.4) is 0 Å². The summed E-state index contributed by atoms with van der Waals surface area (Å²) in [7, 11) is 0. The van der Waals surface area contributed by atoms with E-state index in [-0.39, 0.29) is 5.91 Å². The summed E-state index contributed by atoms with van der Waals surface area (Å²) in [5.74, 6) is -0.218. The molecule has 3 rings (SSSR count). The largest absolute Gasteiger partial charge is 0.354 e. The first-order valence-electron chi connectivity index (χ1n) is 7.36. The number of benzene rings is 1. The van der Waals surface area contributed by atoms with Crippen molar-refractivity contribution < 1.29 is 4.79 Å². The Kier molecular flexibility index (Phi) is 5.03. The summed E-state index contributed by atoms with van der Waals surface area (Å²) < 4.78 is 0. The minimum absolute atomic E-state index is 0.218. The third-order valence-electron chi connectivity index (χ3n) is 3.33. The van der Waals surface area contributed by atoms with E-state index in [1.807, 2.05) is 30.3 Å². The first-order valence-corrected chi connectivity index (χ1v) is 7.74. The molecule has 0 radical (unpaired) electrons. The van der Waals surface area contributed by atoms with Gasteiger partial charge in [0.25, 0.3) is 5.91 Å². The number of hydrogen-bond acceptors (Lipinski definition) is 4. The maximum Gasteiger partial charge on any atom is 0.270 e. The highest BCUT2D eigenvalue weighted by Crippen LogP contribution is 2.18. The fourth-order valence-electron chi connectivity index (χ4n) is 2.08. The summed E-state index contributed by atoms with van der Waals surface area (Å²) >= 11 is 5.86.